The molecule has 0 spiro atoms. The van der Waals surface area contributed by atoms with Crippen LogP contribution in [0, 0.1) is 0 Å². The summed E-state index contributed by atoms with van der Waals surface area (Å²) < 4.78 is 10.6. The first-order chi connectivity index (χ1) is 12.5. The number of ether oxygens (including phenoxy) is 2. The van der Waals surface area contributed by atoms with Crippen LogP contribution in [0.5, 0.6) is 11.5 Å². The van der Waals surface area contributed by atoms with Crippen LogP contribution in [0.15, 0.2) is 42.5 Å². The van der Waals surface area contributed by atoms with Crippen LogP contribution < -0.4 is 25.8 Å². The molecule has 0 fully saturated rings. The van der Waals surface area contributed by atoms with Gasteiger partial charge in [-0.1, -0.05) is 12.1 Å². The van der Waals surface area contributed by atoms with Gasteiger partial charge in [0.25, 0.3) is 11.8 Å². The van der Waals surface area contributed by atoms with Gasteiger partial charge < -0.3 is 25.8 Å². The molecular formula is C19H24ClN3O4. The lowest BCUT2D eigenvalue weighted by Crippen LogP contribution is -2.26. The highest BCUT2D eigenvalue weighted by molar-refractivity contribution is 5.94. The van der Waals surface area contributed by atoms with Gasteiger partial charge in [0.15, 0.2) is 18.1 Å². The smallest absolute Gasteiger partial charge is 0.257 e. The molecule has 0 aliphatic rings. The predicted octanol–water partition coefficient (Wildman–Crippen LogP) is 1.80. The van der Waals surface area contributed by atoms with Crippen LogP contribution in [0.25, 0.3) is 0 Å². The van der Waals surface area contributed by atoms with Crippen LogP contribution in [0.3, 0.4) is 0 Å². The topological polar surface area (TPSA) is 103 Å². The van der Waals surface area contributed by atoms with Crippen molar-refractivity contribution in [1.82, 2.24) is 10.6 Å². The fourth-order valence-electron chi connectivity index (χ4n) is 2.25. The van der Waals surface area contributed by atoms with Gasteiger partial charge in [-0.2, -0.15) is 0 Å². The highest BCUT2D eigenvalue weighted by Crippen LogP contribution is 2.28. The number of halogens is 1. The summed E-state index contributed by atoms with van der Waals surface area (Å²) in [6, 6.07) is 12.3. The lowest BCUT2D eigenvalue weighted by Gasteiger charge is -2.12. The Labute approximate surface area is 164 Å². The van der Waals surface area contributed by atoms with Crippen LogP contribution >= 0.6 is 12.4 Å². The zero-order valence-corrected chi connectivity index (χ0v) is 16.1. The van der Waals surface area contributed by atoms with Gasteiger partial charge in [0.05, 0.1) is 7.11 Å². The fourth-order valence-corrected chi connectivity index (χ4v) is 2.25. The maximum atomic E-state index is 12.3. The van der Waals surface area contributed by atoms with Crippen molar-refractivity contribution in [3.8, 4) is 11.5 Å². The third kappa shape index (κ3) is 6.71. The molecule has 7 nitrogen and oxygen atoms in total. The van der Waals surface area contributed by atoms with Gasteiger partial charge in [0.1, 0.15) is 0 Å². The van der Waals surface area contributed by atoms with Crippen molar-refractivity contribution >= 4 is 29.9 Å². The van der Waals surface area contributed by atoms with Crippen molar-refractivity contribution in [2.75, 3.05) is 33.0 Å². The van der Waals surface area contributed by atoms with Crippen molar-refractivity contribution in [1.29, 1.82) is 0 Å². The van der Waals surface area contributed by atoms with Crippen LogP contribution in [0.4, 0.5) is 5.69 Å². The standard InChI is InChI=1S/C19H23N3O4.ClH/c1-21-18(23)12-26-16-8-5-14(11-17(16)25-2)19(24)22-10-9-13-3-6-15(20)7-4-13;/h3-8,11H,9-10,12,20H2,1-2H3,(H,21,23)(H,22,24);1H. The second-order valence-corrected chi connectivity index (χ2v) is 5.57. The van der Waals surface area contributed by atoms with E-state index in [1.807, 2.05) is 24.3 Å². The van der Waals surface area contributed by atoms with Gasteiger partial charge in [-0.05, 0) is 42.3 Å². The molecule has 0 atom stereocenters. The number of anilines is 1. The summed E-state index contributed by atoms with van der Waals surface area (Å²) in [7, 11) is 3.01. The van der Waals surface area contributed by atoms with Crippen LogP contribution in [0.1, 0.15) is 15.9 Å². The Kier molecular flexibility index (Phi) is 8.95. The summed E-state index contributed by atoms with van der Waals surface area (Å²) in [5.74, 6) is 0.322. The highest BCUT2D eigenvalue weighted by atomic mass is 35.5. The molecular weight excluding hydrogens is 370 g/mol. The number of hydrogen-bond acceptors (Lipinski definition) is 5. The van der Waals surface area contributed by atoms with E-state index in [2.05, 4.69) is 10.6 Å². The molecule has 0 saturated heterocycles. The summed E-state index contributed by atoms with van der Waals surface area (Å²) in [6.07, 6.45) is 0.705. The van der Waals surface area contributed by atoms with Gasteiger partial charge in [0, 0.05) is 24.8 Å². The number of rotatable bonds is 8. The summed E-state index contributed by atoms with van der Waals surface area (Å²) in [6.45, 7) is 0.375. The Morgan fingerprint density at radius 3 is 2.41 bits per heavy atom. The first kappa shape index (κ1) is 22.1. The largest absolute Gasteiger partial charge is 0.493 e. The molecule has 2 rings (SSSR count). The summed E-state index contributed by atoms with van der Waals surface area (Å²) >= 11 is 0. The van der Waals surface area contributed by atoms with Crippen molar-refractivity contribution in [2.45, 2.75) is 6.42 Å². The monoisotopic (exact) mass is 393 g/mol. The lowest BCUT2D eigenvalue weighted by atomic mass is 10.1. The molecule has 4 N–H and O–H groups in total. The van der Waals surface area contributed by atoms with Gasteiger partial charge in [0.2, 0.25) is 0 Å². The third-order valence-electron chi connectivity index (χ3n) is 3.74. The molecule has 2 aromatic rings. The zero-order valence-electron chi connectivity index (χ0n) is 15.3. The summed E-state index contributed by atoms with van der Waals surface area (Å²) in [5.41, 5.74) is 7.91. The quantitative estimate of drug-likeness (QED) is 0.593. The molecule has 0 heterocycles. The van der Waals surface area contributed by atoms with Crippen LogP contribution in [-0.2, 0) is 11.2 Å². The van der Waals surface area contributed by atoms with Crippen LogP contribution in [0.2, 0.25) is 0 Å². The first-order valence-electron chi connectivity index (χ1n) is 8.17. The molecule has 0 aliphatic heterocycles. The summed E-state index contributed by atoms with van der Waals surface area (Å²) in [5, 5.41) is 5.33. The van der Waals surface area contributed by atoms with E-state index in [9.17, 15) is 9.59 Å². The minimum atomic E-state index is -0.253. The number of nitrogens with two attached hydrogens (primary N) is 1. The number of amides is 2. The molecule has 0 saturated carbocycles. The van der Waals surface area contributed by atoms with E-state index < -0.39 is 0 Å². The number of nitrogen functional groups attached to an aromatic ring is 1. The second kappa shape index (κ2) is 10.9. The molecule has 0 radical (unpaired) electrons. The lowest BCUT2D eigenvalue weighted by molar-refractivity contribution is -0.122. The fraction of sp³-hybridized carbons (Fsp3) is 0.263. The maximum Gasteiger partial charge on any atom is 0.257 e. The summed E-state index contributed by atoms with van der Waals surface area (Å²) in [4.78, 5) is 23.6. The molecule has 0 unspecified atom stereocenters. The normalized spacial score (nSPS) is 9.70. The number of carbonyl (C=O) groups is 2. The number of methoxy groups -OCH3 is 1. The average Bonchev–Trinajstić information content (AvgIpc) is 2.67. The van der Waals surface area contributed by atoms with Gasteiger partial charge in [-0.3, -0.25) is 9.59 Å². The van der Waals surface area contributed by atoms with Gasteiger partial charge in [-0.15, -0.1) is 12.4 Å². The first-order valence-corrected chi connectivity index (χ1v) is 8.17. The number of nitrogens with one attached hydrogen (secondary N) is 2. The van der Waals surface area contributed by atoms with Gasteiger partial charge in [-0.25, -0.2) is 0 Å². The molecule has 2 amide bonds. The van der Waals surface area contributed by atoms with Crippen molar-refractivity contribution in [3.05, 3.63) is 53.6 Å². The molecule has 0 bridgehead atoms. The zero-order chi connectivity index (χ0) is 18.9. The van der Waals surface area contributed by atoms with Crippen molar-refractivity contribution < 1.29 is 19.1 Å². The van der Waals surface area contributed by atoms with E-state index in [4.69, 9.17) is 15.2 Å². The Morgan fingerprint density at radius 1 is 1.07 bits per heavy atom. The van der Waals surface area contributed by atoms with E-state index in [1.54, 1.807) is 18.2 Å². The second-order valence-electron chi connectivity index (χ2n) is 5.57. The molecule has 2 aromatic carbocycles. The minimum Gasteiger partial charge on any atom is -0.493 e. The van der Waals surface area contributed by atoms with E-state index in [0.717, 1.165) is 5.56 Å². The SMILES string of the molecule is CNC(=O)COc1ccc(C(=O)NCCc2ccc(N)cc2)cc1OC.Cl. The molecule has 0 aliphatic carbocycles. The van der Waals surface area contributed by atoms with E-state index >= 15 is 0 Å². The van der Waals surface area contributed by atoms with E-state index in [-0.39, 0.29) is 30.8 Å². The Bertz CT molecular complexity index is 766. The molecule has 0 aromatic heterocycles. The van der Waals surface area contributed by atoms with E-state index in [1.165, 1.54) is 14.2 Å². The van der Waals surface area contributed by atoms with E-state index in [0.29, 0.717) is 35.7 Å². The minimum absolute atomic E-state index is 0. The van der Waals surface area contributed by atoms with Gasteiger partial charge >= 0.3 is 0 Å². The van der Waals surface area contributed by atoms with Crippen molar-refractivity contribution in [3.63, 3.8) is 0 Å². The molecule has 146 valence electrons. The van der Waals surface area contributed by atoms with Crippen molar-refractivity contribution in [2.24, 2.45) is 0 Å². The number of benzene rings is 2. The number of likely N-dealkylation sites (N-methyl/N-ethyl adjacent to an activating group) is 1. The average molecular weight is 394 g/mol. The Morgan fingerprint density at radius 2 is 1.78 bits per heavy atom. The maximum absolute atomic E-state index is 12.3. The predicted molar refractivity (Wildman–Crippen MR) is 107 cm³/mol. The highest BCUT2D eigenvalue weighted by Gasteiger charge is 2.12. The van der Waals surface area contributed by atoms with Crippen LogP contribution in [-0.4, -0.2) is 39.1 Å². The number of carbonyl (C=O) groups excluding carboxylic acids is 2. The third-order valence-corrected chi connectivity index (χ3v) is 3.74. The number of hydrogen-bond donors (Lipinski definition) is 3. The Hall–Kier alpha value is -2.93. The molecule has 8 heteroatoms. The molecule has 27 heavy (non-hydrogen) atoms. The Balaban J connectivity index is 0.00000364.